The van der Waals surface area contributed by atoms with E-state index in [0.29, 0.717) is 30.6 Å². The third kappa shape index (κ3) is 8.22. The van der Waals surface area contributed by atoms with Crippen molar-refractivity contribution in [1.29, 1.82) is 0 Å². The molecule has 2 aliphatic carbocycles. The number of nitrogens with one attached hydrogen (secondary N) is 2. The summed E-state index contributed by atoms with van der Waals surface area (Å²) in [4.78, 5) is 38.4. The predicted octanol–water partition coefficient (Wildman–Crippen LogP) is 5.36. The van der Waals surface area contributed by atoms with Crippen molar-refractivity contribution in [2.45, 2.75) is 83.6 Å². The first-order valence-electron chi connectivity index (χ1n) is 15.2. The van der Waals surface area contributed by atoms with E-state index in [-0.39, 0.29) is 30.1 Å². The van der Waals surface area contributed by atoms with Gasteiger partial charge < -0.3 is 25.2 Å². The summed E-state index contributed by atoms with van der Waals surface area (Å²) in [6.45, 7) is 2.61. The fraction of sp³-hybridized carbons (Fsp3) is 0.455. The van der Waals surface area contributed by atoms with E-state index >= 15 is 0 Å². The van der Waals surface area contributed by atoms with Crippen molar-refractivity contribution in [2.75, 3.05) is 11.9 Å². The third-order valence-corrected chi connectivity index (χ3v) is 8.21. The van der Waals surface area contributed by atoms with Crippen molar-refractivity contribution in [3.8, 4) is 5.75 Å². The first kappa shape index (κ1) is 30.3. The first-order valence-corrected chi connectivity index (χ1v) is 15.2. The average molecular weight is 589 g/mol. The van der Waals surface area contributed by atoms with Gasteiger partial charge in [0, 0.05) is 6.07 Å². The summed E-state index contributed by atoms with van der Waals surface area (Å²) in [7, 11) is 0. The van der Waals surface area contributed by atoms with Crippen LogP contribution in [-0.2, 0) is 22.7 Å². The van der Waals surface area contributed by atoms with Gasteiger partial charge in [0.15, 0.2) is 5.69 Å². The van der Waals surface area contributed by atoms with Crippen LogP contribution in [0.15, 0.2) is 54.6 Å². The monoisotopic (exact) mass is 588 g/mol. The number of rotatable bonds is 12. The Morgan fingerprint density at radius 1 is 0.977 bits per heavy atom. The number of benzene rings is 2. The van der Waals surface area contributed by atoms with Gasteiger partial charge in [-0.1, -0.05) is 62.1 Å². The number of amides is 2. The second-order valence-corrected chi connectivity index (χ2v) is 11.6. The number of anilines is 1. The normalized spacial score (nSPS) is 18.7. The van der Waals surface area contributed by atoms with Crippen LogP contribution in [0.2, 0.25) is 0 Å². The van der Waals surface area contributed by atoms with Crippen LogP contribution in [0.1, 0.15) is 83.5 Å². The summed E-state index contributed by atoms with van der Waals surface area (Å²) in [6, 6.07) is 16.4. The minimum absolute atomic E-state index is 0.00174. The minimum atomic E-state index is -1.28. The maximum Gasteiger partial charge on any atom is 0.356 e. The molecule has 1 aromatic heterocycles. The van der Waals surface area contributed by atoms with Crippen LogP contribution in [0.25, 0.3) is 0 Å². The number of aryl methyl sites for hydroxylation is 1. The molecule has 2 amide bonds. The molecule has 228 valence electrons. The fourth-order valence-electron chi connectivity index (χ4n) is 5.88. The molecule has 2 saturated carbocycles. The Kier molecular flexibility index (Phi) is 10.1. The molecule has 2 aromatic carbocycles. The summed E-state index contributed by atoms with van der Waals surface area (Å²) in [5.74, 6) is -1.14. The van der Waals surface area contributed by atoms with Crippen LogP contribution in [0, 0.1) is 12.8 Å². The molecular formula is C33H40N4O6. The van der Waals surface area contributed by atoms with Gasteiger partial charge in [0.05, 0.1) is 31.0 Å². The lowest BCUT2D eigenvalue weighted by Gasteiger charge is -2.32. The molecule has 0 saturated heterocycles. The number of hydrogen-bond acceptors (Lipinski definition) is 6. The molecule has 0 spiro atoms. The van der Waals surface area contributed by atoms with E-state index in [9.17, 15) is 19.5 Å². The van der Waals surface area contributed by atoms with E-state index in [1.165, 1.54) is 18.9 Å². The molecule has 10 nitrogen and oxygen atoms in total. The zero-order valence-corrected chi connectivity index (χ0v) is 24.6. The standard InChI is InChI=1S/C33H40N4O6/c1-22-15-16-30(43-21-24-11-5-6-12-24)26(17-22)34-31(38)19-37-28(18-27(36-37)33(40)41)32(39)35-25-13-7-8-14-29(25)42-20-23-9-3-2-4-10-23/h2-4,9-10,15-18,24-25,29H,5-8,11-14,19-21H2,1H3,(H,34,38)(H,35,39)(H,40,41)/t25-,29-/m0/s1. The topological polar surface area (TPSA) is 132 Å². The number of hydrogen-bond donors (Lipinski definition) is 3. The molecule has 0 aliphatic heterocycles. The maximum atomic E-state index is 13.5. The molecule has 3 aromatic rings. The molecule has 2 fully saturated rings. The lowest BCUT2D eigenvalue weighted by molar-refractivity contribution is -0.116. The van der Waals surface area contributed by atoms with Crippen LogP contribution in [0.5, 0.6) is 5.75 Å². The Hall–Kier alpha value is -4.18. The minimum Gasteiger partial charge on any atom is -0.491 e. The number of aromatic carboxylic acids is 1. The van der Waals surface area contributed by atoms with Gasteiger partial charge in [-0.2, -0.15) is 5.10 Å². The van der Waals surface area contributed by atoms with Crippen molar-refractivity contribution in [3.05, 3.63) is 77.1 Å². The highest BCUT2D eigenvalue weighted by molar-refractivity contribution is 5.97. The Balaban J connectivity index is 1.26. The van der Waals surface area contributed by atoms with Crippen LogP contribution in [0.3, 0.4) is 0 Å². The summed E-state index contributed by atoms with van der Waals surface area (Å²) in [5, 5.41) is 19.6. The summed E-state index contributed by atoms with van der Waals surface area (Å²) in [5.41, 5.74) is 2.22. The van der Waals surface area contributed by atoms with E-state index in [1.807, 2.05) is 55.5 Å². The number of aromatic nitrogens is 2. The Labute approximate surface area is 251 Å². The number of ether oxygens (including phenoxy) is 2. The average Bonchev–Trinajstić information content (AvgIpc) is 3.67. The van der Waals surface area contributed by atoms with E-state index in [0.717, 1.165) is 54.3 Å². The van der Waals surface area contributed by atoms with Gasteiger partial charge in [-0.15, -0.1) is 0 Å². The molecule has 0 unspecified atom stereocenters. The van der Waals surface area contributed by atoms with Gasteiger partial charge in [-0.3, -0.25) is 9.59 Å². The summed E-state index contributed by atoms with van der Waals surface area (Å²) >= 11 is 0. The first-order chi connectivity index (χ1) is 20.9. The van der Waals surface area contributed by atoms with Crippen LogP contribution >= 0.6 is 0 Å². The molecule has 0 bridgehead atoms. The smallest absolute Gasteiger partial charge is 0.356 e. The van der Waals surface area contributed by atoms with Crippen molar-refractivity contribution >= 4 is 23.5 Å². The van der Waals surface area contributed by atoms with Gasteiger partial charge in [-0.05, 0) is 61.8 Å². The highest BCUT2D eigenvalue weighted by Crippen LogP contribution is 2.30. The zero-order valence-electron chi connectivity index (χ0n) is 24.6. The molecule has 2 aliphatic rings. The van der Waals surface area contributed by atoms with E-state index < -0.39 is 17.8 Å². The van der Waals surface area contributed by atoms with Gasteiger partial charge in [0.25, 0.3) is 5.91 Å². The van der Waals surface area contributed by atoms with Gasteiger partial charge in [0.2, 0.25) is 5.91 Å². The second kappa shape index (κ2) is 14.3. The molecule has 1 heterocycles. The molecule has 5 rings (SSSR count). The van der Waals surface area contributed by atoms with Crippen molar-refractivity contribution < 1.29 is 29.0 Å². The fourth-order valence-corrected chi connectivity index (χ4v) is 5.88. The number of carbonyl (C=O) groups is 3. The summed E-state index contributed by atoms with van der Waals surface area (Å²) in [6.07, 6.45) is 8.02. The lowest BCUT2D eigenvalue weighted by atomic mass is 9.92. The third-order valence-electron chi connectivity index (χ3n) is 8.21. The number of carboxylic acids is 1. The highest BCUT2D eigenvalue weighted by Gasteiger charge is 2.30. The number of carboxylic acid groups (broad SMARTS) is 1. The van der Waals surface area contributed by atoms with E-state index in [1.54, 1.807) is 0 Å². The molecular weight excluding hydrogens is 548 g/mol. The molecule has 43 heavy (non-hydrogen) atoms. The Morgan fingerprint density at radius 3 is 2.49 bits per heavy atom. The largest absolute Gasteiger partial charge is 0.491 e. The van der Waals surface area contributed by atoms with Crippen LogP contribution in [0.4, 0.5) is 5.69 Å². The predicted molar refractivity (Wildman–Crippen MR) is 161 cm³/mol. The number of carbonyl (C=O) groups excluding carboxylic acids is 2. The van der Waals surface area contributed by atoms with Crippen molar-refractivity contribution in [3.63, 3.8) is 0 Å². The SMILES string of the molecule is Cc1ccc(OCC2CCCC2)c(NC(=O)Cn2nc(C(=O)O)cc2C(=O)N[C@H]2CCCC[C@@H]2OCc2ccccc2)c1. The van der Waals surface area contributed by atoms with Gasteiger partial charge >= 0.3 is 5.97 Å². The lowest BCUT2D eigenvalue weighted by Crippen LogP contribution is -2.46. The molecule has 0 radical (unpaired) electrons. The van der Waals surface area contributed by atoms with Crippen LogP contribution in [-0.4, -0.2) is 51.4 Å². The second-order valence-electron chi connectivity index (χ2n) is 11.6. The maximum absolute atomic E-state index is 13.5. The number of nitrogens with zero attached hydrogens (tertiary/aromatic N) is 2. The van der Waals surface area contributed by atoms with Gasteiger partial charge in [0.1, 0.15) is 18.0 Å². The van der Waals surface area contributed by atoms with Gasteiger partial charge in [-0.25, -0.2) is 9.48 Å². The molecule has 3 N–H and O–H groups in total. The van der Waals surface area contributed by atoms with Crippen LogP contribution < -0.4 is 15.4 Å². The van der Waals surface area contributed by atoms with Crippen molar-refractivity contribution in [1.82, 2.24) is 15.1 Å². The van der Waals surface area contributed by atoms with Crippen molar-refractivity contribution in [2.24, 2.45) is 5.92 Å². The zero-order chi connectivity index (χ0) is 30.2. The van der Waals surface area contributed by atoms with E-state index in [4.69, 9.17) is 9.47 Å². The Morgan fingerprint density at radius 2 is 1.72 bits per heavy atom. The molecule has 2 atom stereocenters. The van der Waals surface area contributed by atoms with E-state index in [2.05, 4.69) is 15.7 Å². The molecule has 10 heteroatoms. The highest BCUT2D eigenvalue weighted by atomic mass is 16.5. The Bertz CT molecular complexity index is 1420. The quantitative estimate of drug-likeness (QED) is 0.260. The summed E-state index contributed by atoms with van der Waals surface area (Å²) < 4.78 is 13.4.